The molecule has 0 aliphatic carbocycles. The number of β-amino-alcohol motifs (C(OH)–C–C–N with tert-alkyl or cyclic N) is 1. The molecule has 1 unspecified atom stereocenters. The summed E-state index contributed by atoms with van der Waals surface area (Å²) in [5.41, 5.74) is 0. The highest BCUT2D eigenvalue weighted by atomic mass is 35.5. The highest BCUT2D eigenvalue weighted by Crippen LogP contribution is 2.18. The Morgan fingerprint density at radius 1 is 1.27 bits per heavy atom. The Balaban J connectivity index is 1.63. The number of likely N-dealkylation sites (tertiary alicyclic amines) is 1. The van der Waals surface area contributed by atoms with Crippen LogP contribution in [0.15, 0.2) is 24.3 Å². The molecule has 0 bridgehead atoms. The van der Waals surface area contributed by atoms with Gasteiger partial charge in [-0.1, -0.05) is 11.6 Å². The second-order valence-electron chi connectivity index (χ2n) is 5.82. The Bertz CT molecular complexity index is 418. The third-order valence-corrected chi connectivity index (χ3v) is 4.24. The van der Waals surface area contributed by atoms with Crippen LogP contribution in [-0.2, 0) is 4.74 Å². The highest BCUT2D eigenvalue weighted by molar-refractivity contribution is 6.30. The molecule has 5 heteroatoms. The van der Waals surface area contributed by atoms with Gasteiger partial charge in [-0.15, -0.1) is 0 Å². The van der Waals surface area contributed by atoms with Gasteiger partial charge in [0.25, 0.3) is 0 Å². The van der Waals surface area contributed by atoms with Gasteiger partial charge in [-0.25, -0.2) is 0 Å². The first-order valence-corrected chi connectivity index (χ1v) is 8.41. The summed E-state index contributed by atoms with van der Waals surface area (Å²) in [6, 6.07) is 7.20. The summed E-state index contributed by atoms with van der Waals surface area (Å²) < 4.78 is 11.1. The van der Waals surface area contributed by atoms with Crippen molar-refractivity contribution in [2.75, 3.05) is 39.5 Å². The van der Waals surface area contributed by atoms with Crippen molar-refractivity contribution in [1.29, 1.82) is 0 Å². The number of hydrogen-bond donors (Lipinski definition) is 1. The average Bonchev–Trinajstić information content (AvgIpc) is 2.54. The third kappa shape index (κ3) is 6.13. The van der Waals surface area contributed by atoms with Crippen LogP contribution in [0.3, 0.4) is 0 Å². The normalized spacial score (nSPS) is 18.3. The van der Waals surface area contributed by atoms with Crippen LogP contribution in [0.25, 0.3) is 0 Å². The number of ether oxygens (including phenoxy) is 2. The van der Waals surface area contributed by atoms with Crippen LogP contribution in [0.4, 0.5) is 0 Å². The maximum absolute atomic E-state index is 10.1. The average molecular weight is 328 g/mol. The fourth-order valence-electron chi connectivity index (χ4n) is 2.69. The lowest BCUT2D eigenvalue weighted by molar-refractivity contribution is 0.0379. The predicted octanol–water partition coefficient (Wildman–Crippen LogP) is 2.83. The van der Waals surface area contributed by atoms with Gasteiger partial charge in [0.15, 0.2) is 0 Å². The monoisotopic (exact) mass is 327 g/mol. The van der Waals surface area contributed by atoms with E-state index in [1.807, 2.05) is 19.1 Å². The summed E-state index contributed by atoms with van der Waals surface area (Å²) in [5.74, 6) is 1.40. The molecule has 124 valence electrons. The Kier molecular flexibility index (Phi) is 7.46. The first-order valence-electron chi connectivity index (χ1n) is 8.04. The maximum atomic E-state index is 10.1. The predicted molar refractivity (Wildman–Crippen MR) is 88.6 cm³/mol. The summed E-state index contributed by atoms with van der Waals surface area (Å²) in [5, 5.41) is 10.8. The second kappa shape index (κ2) is 9.36. The minimum absolute atomic E-state index is 0.306. The van der Waals surface area contributed by atoms with Crippen molar-refractivity contribution in [2.45, 2.75) is 25.9 Å². The number of hydrogen-bond acceptors (Lipinski definition) is 4. The Hall–Kier alpha value is -0.810. The van der Waals surface area contributed by atoms with E-state index in [-0.39, 0.29) is 0 Å². The quantitative estimate of drug-likeness (QED) is 0.797. The molecule has 1 aromatic carbocycles. The van der Waals surface area contributed by atoms with Gasteiger partial charge < -0.3 is 19.5 Å². The lowest BCUT2D eigenvalue weighted by Crippen LogP contribution is -2.41. The van der Waals surface area contributed by atoms with Crippen molar-refractivity contribution in [3.05, 3.63) is 29.3 Å². The van der Waals surface area contributed by atoms with Crippen molar-refractivity contribution in [2.24, 2.45) is 5.92 Å². The molecule has 22 heavy (non-hydrogen) atoms. The number of piperidine rings is 1. The zero-order chi connectivity index (χ0) is 15.8. The van der Waals surface area contributed by atoms with Crippen LogP contribution in [0.2, 0.25) is 5.02 Å². The first-order chi connectivity index (χ1) is 10.7. The molecule has 1 N–H and O–H groups in total. The molecule has 1 heterocycles. The highest BCUT2D eigenvalue weighted by Gasteiger charge is 2.21. The Labute approximate surface area is 138 Å². The van der Waals surface area contributed by atoms with E-state index < -0.39 is 6.10 Å². The lowest BCUT2D eigenvalue weighted by Gasteiger charge is -2.32. The van der Waals surface area contributed by atoms with Gasteiger partial charge in [0.05, 0.1) is 0 Å². The molecule has 2 rings (SSSR count). The van der Waals surface area contributed by atoms with Crippen molar-refractivity contribution in [3.63, 3.8) is 0 Å². The van der Waals surface area contributed by atoms with Crippen LogP contribution in [0.5, 0.6) is 5.75 Å². The molecule has 1 fully saturated rings. The maximum Gasteiger partial charge on any atom is 0.119 e. The van der Waals surface area contributed by atoms with E-state index in [2.05, 4.69) is 4.90 Å². The Morgan fingerprint density at radius 2 is 1.95 bits per heavy atom. The van der Waals surface area contributed by atoms with Crippen LogP contribution >= 0.6 is 11.6 Å². The number of aliphatic hydroxyl groups is 1. The number of nitrogens with zero attached hydrogens (tertiary/aromatic N) is 1. The summed E-state index contributed by atoms with van der Waals surface area (Å²) in [6.45, 7) is 6.71. The van der Waals surface area contributed by atoms with Crippen molar-refractivity contribution in [1.82, 2.24) is 4.90 Å². The van der Waals surface area contributed by atoms with E-state index in [0.717, 1.165) is 44.9 Å². The third-order valence-electron chi connectivity index (χ3n) is 3.99. The zero-order valence-electron chi connectivity index (χ0n) is 13.2. The SMILES string of the molecule is CCOCC1CCN(CC(O)COc2ccc(Cl)cc2)CC1. The second-order valence-corrected chi connectivity index (χ2v) is 6.26. The van der Waals surface area contributed by atoms with E-state index in [1.165, 1.54) is 0 Å². The van der Waals surface area contributed by atoms with Crippen molar-refractivity contribution < 1.29 is 14.6 Å². The van der Waals surface area contributed by atoms with Gasteiger partial charge in [0.1, 0.15) is 18.5 Å². The summed E-state index contributed by atoms with van der Waals surface area (Å²) >= 11 is 5.83. The van der Waals surface area contributed by atoms with E-state index in [1.54, 1.807) is 12.1 Å². The van der Waals surface area contributed by atoms with Crippen LogP contribution in [-0.4, -0.2) is 55.6 Å². The standard InChI is InChI=1S/C17H26ClNO3/c1-2-21-12-14-7-9-19(10-8-14)11-16(20)13-22-17-5-3-15(18)4-6-17/h3-6,14,16,20H,2,7-13H2,1H3. The fourth-order valence-corrected chi connectivity index (χ4v) is 2.82. The van der Waals surface area contributed by atoms with Gasteiger partial charge in [-0.2, -0.15) is 0 Å². The molecule has 4 nitrogen and oxygen atoms in total. The summed E-state index contributed by atoms with van der Waals surface area (Å²) in [6.07, 6.45) is 1.81. The molecule has 1 aromatic rings. The van der Waals surface area contributed by atoms with Gasteiger partial charge in [0, 0.05) is 24.8 Å². The Morgan fingerprint density at radius 3 is 2.59 bits per heavy atom. The number of rotatable bonds is 8. The van der Waals surface area contributed by atoms with E-state index in [0.29, 0.717) is 24.1 Å². The fraction of sp³-hybridized carbons (Fsp3) is 0.647. The molecule has 0 spiro atoms. The topological polar surface area (TPSA) is 41.9 Å². The van der Waals surface area contributed by atoms with Gasteiger partial charge in [-0.3, -0.25) is 0 Å². The molecule has 0 radical (unpaired) electrons. The molecule has 1 aliphatic heterocycles. The first kappa shape index (κ1) is 17.5. The summed E-state index contributed by atoms with van der Waals surface area (Å²) in [7, 11) is 0. The largest absolute Gasteiger partial charge is 0.491 e. The molecular formula is C17H26ClNO3. The molecule has 1 saturated heterocycles. The molecular weight excluding hydrogens is 302 g/mol. The van der Waals surface area contributed by atoms with E-state index in [9.17, 15) is 5.11 Å². The van der Waals surface area contributed by atoms with Gasteiger partial charge in [-0.05, 0) is 63.0 Å². The van der Waals surface area contributed by atoms with Gasteiger partial charge >= 0.3 is 0 Å². The lowest BCUT2D eigenvalue weighted by atomic mass is 9.97. The number of aliphatic hydroxyl groups excluding tert-OH is 1. The number of benzene rings is 1. The number of halogens is 1. The van der Waals surface area contributed by atoms with Crippen LogP contribution < -0.4 is 4.74 Å². The van der Waals surface area contributed by atoms with Crippen molar-refractivity contribution >= 4 is 11.6 Å². The van der Waals surface area contributed by atoms with E-state index >= 15 is 0 Å². The molecule has 0 aromatic heterocycles. The van der Waals surface area contributed by atoms with Gasteiger partial charge in [0.2, 0.25) is 0 Å². The van der Waals surface area contributed by atoms with Crippen molar-refractivity contribution in [3.8, 4) is 5.75 Å². The smallest absolute Gasteiger partial charge is 0.119 e. The molecule has 0 saturated carbocycles. The molecule has 1 atom stereocenters. The minimum Gasteiger partial charge on any atom is -0.491 e. The zero-order valence-corrected chi connectivity index (χ0v) is 14.0. The van der Waals surface area contributed by atoms with E-state index in [4.69, 9.17) is 21.1 Å². The molecule has 0 amide bonds. The molecule has 1 aliphatic rings. The van der Waals surface area contributed by atoms with Crippen LogP contribution in [0.1, 0.15) is 19.8 Å². The summed E-state index contributed by atoms with van der Waals surface area (Å²) in [4.78, 5) is 2.30. The minimum atomic E-state index is -0.473. The van der Waals surface area contributed by atoms with Crippen LogP contribution in [0, 0.1) is 5.92 Å².